The van der Waals surface area contributed by atoms with Gasteiger partial charge in [-0.25, -0.2) is 0 Å². The van der Waals surface area contributed by atoms with Crippen molar-refractivity contribution >= 4 is 22.2 Å². The van der Waals surface area contributed by atoms with Crippen LogP contribution in [-0.4, -0.2) is 18.1 Å². The maximum Gasteiger partial charge on any atom is 0.262 e. The molecule has 0 radical (unpaired) electrons. The van der Waals surface area contributed by atoms with E-state index in [0.717, 1.165) is 16.9 Å². The Balaban J connectivity index is 1.80. The first kappa shape index (κ1) is 18.4. The van der Waals surface area contributed by atoms with E-state index in [1.807, 2.05) is 18.2 Å². The highest BCUT2D eigenvalue weighted by Crippen LogP contribution is 2.41. The summed E-state index contributed by atoms with van der Waals surface area (Å²) < 4.78 is 5.49. The number of nitrogens with one attached hydrogen (secondary N) is 1. The molecule has 3 rings (SSSR count). The summed E-state index contributed by atoms with van der Waals surface area (Å²) in [5.74, 6) is 0.385. The molecule has 0 saturated carbocycles. The number of benzene rings is 1. The molecule has 0 aliphatic carbocycles. The van der Waals surface area contributed by atoms with Crippen LogP contribution in [0.3, 0.4) is 0 Å². The smallest absolute Gasteiger partial charge is 0.262 e. The predicted molar refractivity (Wildman–Crippen MR) is 102 cm³/mol. The highest BCUT2D eigenvalue weighted by Gasteiger charge is 2.44. The van der Waals surface area contributed by atoms with Gasteiger partial charge in [-0.3, -0.25) is 4.79 Å². The first-order valence-corrected chi connectivity index (χ1v) is 9.44. The van der Waals surface area contributed by atoms with Gasteiger partial charge in [0.05, 0.1) is 16.0 Å². The third-order valence-corrected chi connectivity index (χ3v) is 5.94. The van der Waals surface area contributed by atoms with E-state index in [0.29, 0.717) is 16.3 Å². The molecule has 136 valence electrons. The zero-order chi connectivity index (χ0) is 18.9. The van der Waals surface area contributed by atoms with Gasteiger partial charge >= 0.3 is 0 Å². The molecule has 3 N–H and O–H groups in total. The molecule has 1 aromatic carbocycles. The average molecular weight is 370 g/mol. The molecule has 0 spiro atoms. The predicted octanol–water partition coefficient (Wildman–Crippen LogP) is 2.77. The molecule has 5 nitrogen and oxygen atoms in total. The molecule has 0 saturated heterocycles. The lowest BCUT2D eigenvalue weighted by molar-refractivity contribution is -0.789. The van der Waals surface area contributed by atoms with Gasteiger partial charge in [0.1, 0.15) is 22.4 Å². The number of anilines is 1. The summed E-state index contributed by atoms with van der Waals surface area (Å²) in [6, 6.07) is 11.5. The number of rotatable bonds is 4. The van der Waals surface area contributed by atoms with Crippen LogP contribution in [0.15, 0.2) is 30.3 Å². The number of hydrogen-bond acceptors (Lipinski definition) is 4. The second kappa shape index (κ2) is 6.75. The summed E-state index contributed by atoms with van der Waals surface area (Å²) >= 11 is 1.50. The lowest BCUT2D eigenvalue weighted by Gasteiger charge is -2.38. The molecule has 2 aromatic rings. The molecular weight excluding hydrogens is 346 g/mol. The van der Waals surface area contributed by atoms with E-state index in [-0.39, 0.29) is 23.6 Å². The van der Waals surface area contributed by atoms with Gasteiger partial charge in [-0.05, 0) is 45.4 Å². The standard InChI is InChI=1S/C20H23N3O2S/c1-19(2)10-14-15(11-21)18(26-17(14)20(3,4)23-19)22-16(24)12-25-13-8-6-5-7-9-13/h5-9,23H,10,12H2,1-4H3,(H,22,24)/p+1. The van der Waals surface area contributed by atoms with Crippen LogP contribution in [0.1, 0.15) is 43.7 Å². The number of ether oxygens (including phenoxy) is 1. The third-order valence-electron chi connectivity index (χ3n) is 4.45. The van der Waals surface area contributed by atoms with Crippen LogP contribution in [0.2, 0.25) is 0 Å². The Labute approximate surface area is 158 Å². The normalized spacial score (nSPS) is 17.0. The monoisotopic (exact) mass is 370 g/mol. The fraction of sp³-hybridized carbons (Fsp3) is 0.400. The molecule has 0 fully saturated rings. The lowest BCUT2D eigenvalue weighted by atomic mass is 9.81. The number of quaternary nitrogens is 1. The molecule has 6 heteroatoms. The van der Waals surface area contributed by atoms with Crippen molar-refractivity contribution in [1.82, 2.24) is 0 Å². The van der Waals surface area contributed by atoms with E-state index < -0.39 is 0 Å². The quantitative estimate of drug-likeness (QED) is 0.869. The molecule has 26 heavy (non-hydrogen) atoms. The number of para-hydroxylation sites is 1. The Bertz CT molecular complexity index is 863. The number of hydrogen-bond donors (Lipinski definition) is 2. The summed E-state index contributed by atoms with van der Waals surface area (Å²) in [4.78, 5) is 13.5. The van der Waals surface area contributed by atoms with Gasteiger partial charge in [0, 0.05) is 6.42 Å². The number of nitriles is 1. The largest absolute Gasteiger partial charge is 0.484 e. The van der Waals surface area contributed by atoms with Crippen LogP contribution in [0.5, 0.6) is 5.75 Å². The summed E-state index contributed by atoms with van der Waals surface area (Å²) in [7, 11) is 0. The van der Waals surface area contributed by atoms with Gasteiger partial charge in [-0.2, -0.15) is 5.26 Å². The number of fused-ring (bicyclic) bond motifs is 1. The minimum absolute atomic E-state index is 0.0148. The van der Waals surface area contributed by atoms with Crippen LogP contribution in [-0.2, 0) is 16.8 Å². The van der Waals surface area contributed by atoms with Crippen LogP contribution < -0.4 is 15.4 Å². The second-order valence-corrected chi connectivity index (χ2v) is 8.93. The van der Waals surface area contributed by atoms with Crippen molar-refractivity contribution in [2.75, 3.05) is 11.9 Å². The SMILES string of the molecule is CC1(C)Cc2c(sc(NC(=O)COc3ccccc3)c2C#N)C(C)(C)[NH2+]1. The second-order valence-electron chi connectivity index (χ2n) is 7.91. The van der Waals surface area contributed by atoms with E-state index in [2.05, 4.69) is 44.4 Å². The first-order valence-electron chi connectivity index (χ1n) is 8.63. The number of carbonyl (C=O) groups is 1. The van der Waals surface area contributed by atoms with Crippen molar-refractivity contribution in [1.29, 1.82) is 5.26 Å². The van der Waals surface area contributed by atoms with E-state index in [1.165, 1.54) is 11.3 Å². The van der Waals surface area contributed by atoms with Gasteiger partial charge in [0.2, 0.25) is 0 Å². The van der Waals surface area contributed by atoms with Gasteiger partial charge in [0.25, 0.3) is 5.91 Å². The molecular formula is C20H24N3O2S+. The molecule has 0 bridgehead atoms. The summed E-state index contributed by atoms with van der Waals surface area (Å²) in [5.41, 5.74) is 1.54. The summed E-state index contributed by atoms with van der Waals surface area (Å²) in [5, 5.41) is 15.5. The summed E-state index contributed by atoms with van der Waals surface area (Å²) in [6.45, 7) is 8.60. The fourth-order valence-corrected chi connectivity index (χ4v) is 5.00. The minimum Gasteiger partial charge on any atom is -0.484 e. The summed E-state index contributed by atoms with van der Waals surface area (Å²) in [6.07, 6.45) is 0.807. The van der Waals surface area contributed by atoms with Crippen molar-refractivity contribution in [3.05, 3.63) is 46.3 Å². The van der Waals surface area contributed by atoms with Gasteiger partial charge < -0.3 is 15.4 Å². The number of thiophene rings is 1. The molecule has 2 heterocycles. The zero-order valence-electron chi connectivity index (χ0n) is 15.6. The van der Waals surface area contributed by atoms with Crippen LogP contribution in [0.4, 0.5) is 5.00 Å². The first-order chi connectivity index (χ1) is 12.2. The molecule has 0 atom stereocenters. The molecule has 1 aliphatic heterocycles. The zero-order valence-corrected chi connectivity index (χ0v) is 16.4. The van der Waals surface area contributed by atoms with Crippen molar-refractivity contribution in [2.45, 2.75) is 45.2 Å². The van der Waals surface area contributed by atoms with Gasteiger partial charge in [-0.1, -0.05) is 18.2 Å². The van der Waals surface area contributed by atoms with Crippen LogP contribution >= 0.6 is 11.3 Å². The highest BCUT2D eigenvalue weighted by atomic mass is 32.1. The van der Waals surface area contributed by atoms with Gasteiger partial charge in [0.15, 0.2) is 6.61 Å². The Kier molecular flexibility index (Phi) is 4.78. The maximum atomic E-state index is 12.3. The number of carbonyl (C=O) groups excluding carboxylic acids is 1. The Hall–Kier alpha value is -2.36. The van der Waals surface area contributed by atoms with Crippen molar-refractivity contribution in [2.24, 2.45) is 0 Å². The van der Waals surface area contributed by atoms with Crippen LogP contribution in [0, 0.1) is 11.3 Å². The topological polar surface area (TPSA) is 78.7 Å². The van der Waals surface area contributed by atoms with Crippen molar-refractivity contribution in [3.63, 3.8) is 0 Å². The molecule has 1 amide bonds. The molecule has 1 aromatic heterocycles. The molecule has 1 aliphatic rings. The lowest BCUT2D eigenvalue weighted by Crippen LogP contribution is -3.03. The van der Waals surface area contributed by atoms with E-state index >= 15 is 0 Å². The minimum atomic E-state index is -0.259. The van der Waals surface area contributed by atoms with E-state index in [1.54, 1.807) is 12.1 Å². The van der Waals surface area contributed by atoms with E-state index in [9.17, 15) is 10.1 Å². The third kappa shape index (κ3) is 3.74. The number of nitrogens with zero attached hydrogens (tertiary/aromatic N) is 1. The van der Waals surface area contributed by atoms with Crippen molar-refractivity contribution < 1.29 is 14.8 Å². The highest BCUT2D eigenvalue weighted by molar-refractivity contribution is 7.16. The van der Waals surface area contributed by atoms with Gasteiger partial charge in [-0.15, -0.1) is 11.3 Å². The Morgan fingerprint density at radius 2 is 2.00 bits per heavy atom. The van der Waals surface area contributed by atoms with Crippen molar-refractivity contribution in [3.8, 4) is 11.8 Å². The fourth-order valence-electron chi connectivity index (χ4n) is 3.74. The Morgan fingerprint density at radius 3 is 2.65 bits per heavy atom. The average Bonchev–Trinajstić information content (AvgIpc) is 2.90. The maximum absolute atomic E-state index is 12.3. The molecule has 0 unspecified atom stereocenters. The van der Waals surface area contributed by atoms with E-state index in [4.69, 9.17) is 4.74 Å². The number of nitrogens with two attached hydrogens (primary N) is 1. The number of amides is 1. The van der Waals surface area contributed by atoms with Crippen LogP contribution in [0.25, 0.3) is 0 Å². The Morgan fingerprint density at radius 1 is 1.31 bits per heavy atom.